The lowest BCUT2D eigenvalue weighted by Crippen LogP contribution is -2.43. The lowest BCUT2D eigenvalue weighted by atomic mass is 9.96. The first-order valence-corrected chi connectivity index (χ1v) is 8.45. The molecule has 4 heteroatoms. The molecule has 1 aliphatic heterocycles. The molecule has 1 saturated carbocycles. The van der Waals surface area contributed by atoms with E-state index in [4.69, 9.17) is 5.73 Å². The number of guanidine groups is 1. The molecule has 2 rings (SSSR count). The highest BCUT2D eigenvalue weighted by Crippen LogP contribution is 2.18. The van der Waals surface area contributed by atoms with E-state index in [0.717, 1.165) is 12.5 Å². The summed E-state index contributed by atoms with van der Waals surface area (Å²) >= 11 is 0. The number of nitrogens with zero attached hydrogens (tertiary/aromatic N) is 2. The van der Waals surface area contributed by atoms with Crippen LogP contribution in [0.4, 0.5) is 0 Å². The largest absolute Gasteiger partial charge is 0.370 e. The number of likely N-dealkylation sites (tertiary alicyclic amines) is 1. The monoisotopic (exact) mass is 280 g/mol. The third-order valence-corrected chi connectivity index (χ3v) is 4.92. The van der Waals surface area contributed by atoms with Gasteiger partial charge in [-0.15, -0.1) is 0 Å². The molecule has 0 aromatic carbocycles. The number of aliphatic imine (C=N–C) groups is 1. The first kappa shape index (κ1) is 15.6. The minimum atomic E-state index is 0.509. The number of rotatable bonds is 4. The zero-order chi connectivity index (χ0) is 14.4. The Morgan fingerprint density at radius 2 is 1.85 bits per heavy atom. The van der Waals surface area contributed by atoms with Crippen LogP contribution >= 0.6 is 0 Å². The summed E-state index contributed by atoms with van der Waals surface area (Å²) < 4.78 is 0. The van der Waals surface area contributed by atoms with Crippen LogP contribution in [0.2, 0.25) is 0 Å². The molecule has 1 saturated heterocycles. The third kappa shape index (κ3) is 4.97. The van der Waals surface area contributed by atoms with Crippen molar-refractivity contribution >= 4 is 5.96 Å². The van der Waals surface area contributed by atoms with E-state index >= 15 is 0 Å². The molecule has 0 amide bonds. The smallest absolute Gasteiger partial charge is 0.188 e. The van der Waals surface area contributed by atoms with Crippen LogP contribution in [0.15, 0.2) is 4.99 Å². The fraction of sp³-hybridized carbons (Fsp3) is 0.938. The minimum Gasteiger partial charge on any atom is -0.370 e. The maximum Gasteiger partial charge on any atom is 0.188 e. The molecule has 4 nitrogen and oxygen atoms in total. The second-order valence-electron chi connectivity index (χ2n) is 6.77. The molecule has 3 N–H and O–H groups in total. The summed E-state index contributed by atoms with van der Waals surface area (Å²) in [7, 11) is 0. The first-order chi connectivity index (χ1) is 9.65. The SMILES string of the molecule is CC1CCN(C(C)CN=C(N)NC2CCCCC2)CC1. The van der Waals surface area contributed by atoms with E-state index in [1.807, 2.05) is 0 Å². The van der Waals surface area contributed by atoms with Crippen molar-refractivity contribution < 1.29 is 0 Å². The van der Waals surface area contributed by atoms with Crippen LogP contribution in [0.3, 0.4) is 0 Å². The minimum absolute atomic E-state index is 0.509. The molecule has 1 unspecified atom stereocenters. The molecule has 1 atom stereocenters. The molecule has 2 aliphatic rings. The van der Waals surface area contributed by atoms with Gasteiger partial charge < -0.3 is 11.1 Å². The molecule has 0 radical (unpaired) electrons. The van der Waals surface area contributed by atoms with Crippen LogP contribution in [0, 0.1) is 5.92 Å². The van der Waals surface area contributed by atoms with E-state index in [9.17, 15) is 0 Å². The third-order valence-electron chi connectivity index (χ3n) is 4.92. The normalized spacial score (nSPS) is 25.6. The first-order valence-electron chi connectivity index (χ1n) is 8.45. The molecule has 0 spiro atoms. The molecule has 1 aliphatic carbocycles. The Bertz CT molecular complexity index is 302. The molecule has 20 heavy (non-hydrogen) atoms. The van der Waals surface area contributed by atoms with Crippen LogP contribution in [-0.4, -0.2) is 42.6 Å². The van der Waals surface area contributed by atoms with Gasteiger partial charge in [0.05, 0.1) is 6.54 Å². The Hall–Kier alpha value is -0.770. The van der Waals surface area contributed by atoms with Gasteiger partial charge in [0, 0.05) is 12.1 Å². The standard InChI is InChI=1S/C16H32N4/c1-13-8-10-20(11-9-13)14(2)12-18-16(17)19-15-6-4-3-5-7-15/h13-15H,3-12H2,1-2H3,(H3,17,18,19). The fourth-order valence-electron chi connectivity index (χ4n) is 3.32. The average molecular weight is 280 g/mol. The number of nitrogens with one attached hydrogen (secondary N) is 1. The van der Waals surface area contributed by atoms with E-state index in [2.05, 4.69) is 29.1 Å². The van der Waals surface area contributed by atoms with Crippen LogP contribution in [0.25, 0.3) is 0 Å². The Morgan fingerprint density at radius 1 is 1.20 bits per heavy atom. The quantitative estimate of drug-likeness (QED) is 0.614. The van der Waals surface area contributed by atoms with Crippen molar-refractivity contribution in [3.63, 3.8) is 0 Å². The highest BCUT2D eigenvalue weighted by molar-refractivity contribution is 5.78. The van der Waals surface area contributed by atoms with Gasteiger partial charge >= 0.3 is 0 Å². The zero-order valence-corrected chi connectivity index (χ0v) is 13.3. The van der Waals surface area contributed by atoms with Gasteiger partial charge in [0.15, 0.2) is 5.96 Å². The lowest BCUT2D eigenvalue weighted by Gasteiger charge is -2.34. The van der Waals surface area contributed by atoms with E-state index < -0.39 is 0 Å². The molecular formula is C16H32N4. The van der Waals surface area contributed by atoms with Gasteiger partial charge in [-0.2, -0.15) is 0 Å². The molecule has 0 aromatic rings. The van der Waals surface area contributed by atoms with Crippen LogP contribution < -0.4 is 11.1 Å². The van der Waals surface area contributed by atoms with Crippen LogP contribution in [0.5, 0.6) is 0 Å². The molecule has 0 aromatic heterocycles. The van der Waals surface area contributed by atoms with Crippen molar-refractivity contribution in [1.82, 2.24) is 10.2 Å². The Morgan fingerprint density at radius 3 is 2.50 bits per heavy atom. The van der Waals surface area contributed by atoms with Crippen LogP contribution in [-0.2, 0) is 0 Å². The molecule has 2 fully saturated rings. The number of nitrogens with two attached hydrogens (primary N) is 1. The number of hydrogen-bond acceptors (Lipinski definition) is 2. The van der Waals surface area contributed by atoms with Crippen molar-refractivity contribution in [3.8, 4) is 0 Å². The molecule has 116 valence electrons. The van der Waals surface area contributed by atoms with Gasteiger partial charge in [-0.3, -0.25) is 9.89 Å². The molecular weight excluding hydrogens is 248 g/mol. The van der Waals surface area contributed by atoms with Gasteiger partial charge in [0.2, 0.25) is 0 Å². The van der Waals surface area contributed by atoms with Gasteiger partial charge in [0.25, 0.3) is 0 Å². The summed E-state index contributed by atoms with van der Waals surface area (Å²) in [6.45, 7) is 7.88. The highest BCUT2D eigenvalue weighted by atomic mass is 15.2. The molecule has 0 bridgehead atoms. The summed E-state index contributed by atoms with van der Waals surface area (Å²) in [4.78, 5) is 7.11. The topological polar surface area (TPSA) is 53.6 Å². The zero-order valence-electron chi connectivity index (χ0n) is 13.3. The van der Waals surface area contributed by atoms with Crippen molar-refractivity contribution in [1.29, 1.82) is 0 Å². The summed E-state index contributed by atoms with van der Waals surface area (Å²) in [6.07, 6.45) is 9.17. The predicted octanol–water partition coefficient (Wildman–Crippen LogP) is 2.34. The van der Waals surface area contributed by atoms with Gasteiger partial charge in [0.1, 0.15) is 0 Å². The van der Waals surface area contributed by atoms with Gasteiger partial charge in [-0.1, -0.05) is 26.2 Å². The van der Waals surface area contributed by atoms with Crippen molar-refractivity contribution in [2.24, 2.45) is 16.6 Å². The maximum absolute atomic E-state index is 6.02. The summed E-state index contributed by atoms with van der Waals surface area (Å²) in [5, 5.41) is 3.39. The van der Waals surface area contributed by atoms with Crippen molar-refractivity contribution in [2.45, 2.75) is 70.9 Å². The highest BCUT2D eigenvalue weighted by Gasteiger charge is 2.20. The number of hydrogen-bond donors (Lipinski definition) is 2. The van der Waals surface area contributed by atoms with Crippen molar-refractivity contribution in [2.75, 3.05) is 19.6 Å². The van der Waals surface area contributed by atoms with E-state index in [0.29, 0.717) is 18.0 Å². The Kier molecular flexibility index (Phi) is 6.14. The Balaban J connectivity index is 1.70. The number of piperidine rings is 1. The summed E-state index contributed by atoms with van der Waals surface area (Å²) in [6, 6.07) is 1.06. The summed E-state index contributed by atoms with van der Waals surface area (Å²) in [5.74, 6) is 1.54. The average Bonchev–Trinajstić information content (AvgIpc) is 2.46. The lowest BCUT2D eigenvalue weighted by molar-refractivity contribution is 0.150. The fourth-order valence-corrected chi connectivity index (χ4v) is 3.32. The summed E-state index contributed by atoms with van der Waals surface area (Å²) in [5.41, 5.74) is 6.02. The van der Waals surface area contributed by atoms with E-state index in [-0.39, 0.29) is 0 Å². The van der Waals surface area contributed by atoms with E-state index in [1.54, 1.807) is 0 Å². The van der Waals surface area contributed by atoms with Crippen LogP contribution in [0.1, 0.15) is 58.8 Å². The Labute approximate surface area is 124 Å². The second-order valence-corrected chi connectivity index (χ2v) is 6.77. The maximum atomic E-state index is 6.02. The second kappa shape index (κ2) is 7.87. The van der Waals surface area contributed by atoms with Gasteiger partial charge in [-0.05, 0) is 51.6 Å². The van der Waals surface area contributed by atoms with Crippen molar-refractivity contribution in [3.05, 3.63) is 0 Å². The molecule has 1 heterocycles. The van der Waals surface area contributed by atoms with E-state index in [1.165, 1.54) is 58.0 Å². The van der Waals surface area contributed by atoms with Gasteiger partial charge in [-0.25, -0.2) is 0 Å². The predicted molar refractivity (Wildman–Crippen MR) is 85.9 cm³/mol.